The zero-order chi connectivity index (χ0) is 7.98. The van der Waals surface area contributed by atoms with Crippen LogP contribution in [-0.4, -0.2) is 36.0 Å². The van der Waals surface area contributed by atoms with Crippen molar-refractivity contribution in [3.8, 4) is 0 Å². The molecular formula is C6H17NO2Si. The van der Waals surface area contributed by atoms with Crippen molar-refractivity contribution < 1.29 is 9.47 Å². The summed E-state index contributed by atoms with van der Waals surface area (Å²) in [6.45, 7) is 5.25. The van der Waals surface area contributed by atoms with Crippen molar-refractivity contribution in [3.05, 3.63) is 0 Å². The van der Waals surface area contributed by atoms with Crippen LogP contribution in [-0.2, 0) is 9.47 Å². The molecule has 0 atom stereocenters. The van der Waals surface area contributed by atoms with E-state index in [2.05, 4.69) is 18.1 Å². The first-order valence-corrected chi connectivity index (χ1v) is 6.38. The fraction of sp³-hybridized carbons (Fsp3) is 1.00. The predicted octanol–water partition coefficient (Wildman–Crippen LogP) is 0.178. The maximum Gasteiger partial charge on any atom is 0.168 e. The normalized spacial score (nSPS) is 11.4. The lowest BCUT2D eigenvalue weighted by molar-refractivity contribution is -0.0962. The average molecular weight is 163 g/mol. The van der Waals surface area contributed by atoms with Crippen LogP contribution in [0, 0.1) is 0 Å². The summed E-state index contributed by atoms with van der Waals surface area (Å²) < 4.78 is 9.97. The van der Waals surface area contributed by atoms with Crippen molar-refractivity contribution >= 4 is 8.96 Å². The van der Waals surface area contributed by atoms with Crippen LogP contribution < -0.4 is 4.98 Å². The molecule has 0 fully saturated rings. The van der Waals surface area contributed by atoms with E-state index in [4.69, 9.17) is 9.47 Å². The van der Waals surface area contributed by atoms with Crippen molar-refractivity contribution in [2.75, 3.05) is 20.8 Å². The predicted molar refractivity (Wildman–Crippen MR) is 44.7 cm³/mol. The summed E-state index contributed by atoms with van der Waals surface area (Å²) >= 11 is 0. The van der Waals surface area contributed by atoms with Crippen LogP contribution in [0.4, 0.5) is 0 Å². The van der Waals surface area contributed by atoms with Gasteiger partial charge in [-0.3, -0.25) is 0 Å². The largest absolute Gasteiger partial charge is 0.355 e. The Morgan fingerprint density at radius 3 is 2.10 bits per heavy atom. The summed E-state index contributed by atoms with van der Waals surface area (Å²) in [5.74, 6) is 0. The molecule has 0 unspecified atom stereocenters. The second-order valence-corrected chi connectivity index (χ2v) is 5.18. The Hall–Kier alpha value is 0.0969. The molecule has 0 spiro atoms. The highest BCUT2D eigenvalue weighted by atomic mass is 28.3. The zero-order valence-corrected chi connectivity index (χ0v) is 8.33. The van der Waals surface area contributed by atoms with Crippen molar-refractivity contribution in [3.63, 3.8) is 0 Å². The SMILES string of the molecule is COC(CN[SiH](C)C)OC. The van der Waals surface area contributed by atoms with Crippen LogP contribution >= 0.6 is 0 Å². The minimum Gasteiger partial charge on any atom is -0.355 e. The molecule has 0 saturated heterocycles. The highest BCUT2D eigenvalue weighted by Gasteiger charge is 2.04. The number of rotatable bonds is 5. The topological polar surface area (TPSA) is 30.5 Å². The molecule has 1 N–H and O–H groups in total. The van der Waals surface area contributed by atoms with Crippen LogP contribution in [0.5, 0.6) is 0 Å². The molecule has 0 aliphatic carbocycles. The molecule has 0 rings (SSSR count). The Kier molecular flexibility index (Phi) is 5.91. The van der Waals surface area contributed by atoms with E-state index in [-0.39, 0.29) is 6.29 Å². The number of nitrogens with one attached hydrogen (secondary N) is 1. The fourth-order valence-corrected chi connectivity index (χ4v) is 1.26. The Labute approximate surface area is 64.4 Å². The van der Waals surface area contributed by atoms with E-state index in [1.54, 1.807) is 14.2 Å². The van der Waals surface area contributed by atoms with Crippen LogP contribution in [0.3, 0.4) is 0 Å². The molecule has 0 aromatic heterocycles. The van der Waals surface area contributed by atoms with Gasteiger partial charge < -0.3 is 14.5 Å². The van der Waals surface area contributed by atoms with Crippen molar-refractivity contribution in [1.82, 2.24) is 4.98 Å². The molecule has 0 amide bonds. The van der Waals surface area contributed by atoms with Gasteiger partial charge in [0, 0.05) is 20.8 Å². The Bertz CT molecular complexity index is 76.1. The van der Waals surface area contributed by atoms with Gasteiger partial charge in [0.1, 0.15) is 8.96 Å². The summed E-state index contributed by atoms with van der Waals surface area (Å²) in [5.41, 5.74) is 0. The molecule has 0 aliphatic rings. The van der Waals surface area contributed by atoms with Gasteiger partial charge in [-0.2, -0.15) is 0 Å². The fourth-order valence-electron chi connectivity index (χ4n) is 0.595. The summed E-state index contributed by atoms with van der Waals surface area (Å²) in [6.07, 6.45) is -0.0881. The minimum atomic E-state index is -0.665. The quantitative estimate of drug-likeness (QED) is 0.463. The van der Waals surface area contributed by atoms with E-state index >= 15 is 0 Å². The molecule has 0 aliphatic heterocycles. The van der Waals surface area contributed by atoms with Gasteiger partial charge in [0.25, 0.3) is 0 Å². The molecule has 0 aromatic carbocycles. The van der Waals surface area contributed by atoms with Crippen LogP contribution in [0.25, 0.3) is 0 Å². The molecule has 0 radical (unpaired) electrons. The smallest absolute Gasteiger partial charge is 0.168 e. The van der Waals surface area contributed by atoms with E-state index in [0.717, 1.165) is 6.54 Å². The Balaban J connectivity index is 3.26. The van der Waals surface area contributed by atoms with Crippen molar-refractivity contribution in [2.45, 2.75) is 19.4 Å². The van der Waals surface area contributed by atoms with Crippen molar-refractivity contribution in [1.29, 1.82) is 0 Å². The van der Waals surface area contributed by atoms with Crippen molar-refractivity contribution in [2.24, 2.45) is 0 Å². The average Bonchev–Trinajstić information content (AvgIpc) is 1.90. The second kappa shape index (κ2) is 5.85. The lowest BCUT2D eigenvalue weighted by Gasteiger charge is -2.15. The third-order valence-corrected chi connectivity index (χ3v) is 2.27. The van der Waals surface area contributed by atoms with Gasteiger partial charge in [0.2, 0.25) is 0 Å². The van der Waals surface area contributed by atoms with E-state index < -0.39 is 8.96 Å². The molecule has 0 heterocycles. The standard InChI is InChI=1S/C6H17NO2Si/c1-8-6(9-2)5-7-10(3)4/h6-7,10H,5H2,1-4H3. The van der Waals surface area contributed by atoms with Crippen LogP contribution in [0.1, 0.15) is 0 Å². The van der Waals surface area contributed by atoms with Crippen LogP contribution in [0.15, 0.2) is 0 Å². The van der Waals surface area contributed by atoms with Crippen LogP contribution in [0.2, 0.25) is 13.1 Å². The summed E-state index contributed by atoms with van der Waals surface area (Å²) in [4.78, 5) is 3.34. The number of hydrogen-bond acceptors (Lipinski definition) is 3. The molecule has 4 heteroatoms. The lowest BCUT2D eigenvalue weighted by Crippen LogP contribution is -2.36. The summed E-state index contributed by atoms with van der Waals surface area (Å²) in [7, 11) is 2.64. The number of ether oxygens (including phenoxy) is 2. The number of hydrogen-bond donors (Lipinski definition) is 1. The highest BCUT2D eigenvalue weighted by Crippen LogP contribution is 1.87. The minimum absolute atomic E-state index is 0.0881. The summed E-state index contributed by atoms with van der Waals surface area (Å²) in [5, 5.41) is 0. The van der Waals surface area contributed by atoms with E-state index in [9.17, 15) is 0 Å². The monoisotopic (exact) mass is 163 g/mol. The maximum absolute atomic E-state index is 4.99. The third kappa shape index (κ3) is 4.93. The van der Waals surface area contributed by atoms with Gasteiger partial charge in [-0.25, -0.2) is 0 Å². The summed E-state index contributed by atoms with van der Waals surface area (Å²) in [6, 6.07) is 0. The molecule has 0 bridgehead atoms. The van der Waals surface area contributed by atoms with Gasteiger partial charge in [-0.05, 0) is 0 Å². The first kappa shape index (κ1) is 10.1. The van der Waals surface area contributed by atoms with Gasteiger partial charge in [0.15, 0.2) is 6.29 Å². The molecule has 0 aromatic rings. The first-order valence-electron chi connectivity index (χ1n) is 3.49. The highest BCUT2D eigenvalue weighted by molar-refractivity contribution is 6.52. The van der Waals surface area contributed by atoms with E-state index in [0.29, 0.717) is 0 Å². The number of methoxy groups -OCH3 is 2. The van der Waals surface area contributed by atoms with Gasteiger partial charge >= 0.3 is 0 Å². The second-order valence-electron chi connectivity index (χ2n) is 2.46. The molecule has 10 heavy (non-hydrogen) atoms. The first-order chi connectivity index (χ1) is 4.70. The van der Waals surface area contributed by atoms with Gasteiger partial charge in [-0.15, -0.1) is 0 Å². The Morgan fingerprint density at radius 1 is 1.30 bits per heavy atom. The van der Waals surface area contributed by atoms with Gasteiger partial charge in [0.05, 0.1) is 0 Å². The molecule has 0 saturated carbocycles. The van der Waals surface area contributed by atoms with E-state index in [1.807, 2.05) is 0 Å². The molecule has 62 valence electrons. The zero-order valence-electron chi connectivity index (χ0n) is 7.18. The molecule has 3 nitrogen and oxygen atoms in total. The lowest BCUT2D eigenvalue weighted by atomic mass is 10.6. The Morgan fingerprint density at radius 2 is 1.80 bits per heavy atom. The van der Waals surface area contributed by atoms with E-state index in [1.165, 1.54) is 0 Å². The molecular weight excluding hydrogens is 146 g/mol. The maximum atomic E-state index is 4.99. The van der Waals surface area contributed by atoms with Gasteiger partial charge in [-0.1, -0.05) is 13.1 Å². The third-order valence-electron chi connectivity index (χ3n) is 1.22.